The lowest BCUT2D eigenvalue weighted by atomic mass is 10.2. The summed E-state index contributed by atoms with van der Waals surface area (Å²) in [4.78, 5) is 20.4. The Hall–Kier alpha value is -1.27. The van der Waals surface area contributed by atoms with Crippen molar-refractivity contribution in [3.05, 3.63) is 24.5 Å². The van der Waals surface area contributed by atoms with Crippen molar-refractivity contribution in [2.75, 3.05) is 43.1 Å². The zero-order valence-electron chi connectivity index (χ0n) is 11.9. The summed E-state index contributed by atoms with van der Waals surface area (Å²) in [7, 11) is 0. The zero-order valence-corrected chi connectivity index (χ0v) is 12.7. The minimum absolute atomic E-state index is 0.0911. The molecule has 1 atom stereocenters. The average molecular weight is 294 g/mol. The van der Waals surface area contributed by atoms with E-state index in [0.717, 1.165) is 38.4 Å². The molecule has 2 rings (SSSR count). The quantitative estimate of drug-likeness (QED) is 0.871. The molecule has 1 amide bonds. The first-order valence-electron chi connectivity index (χ1n) is 6.90. The highest BCUT2D eigenvalue weighted by molar-refractivity contribution is 7.98. The number of rotatable bonds is 5. The number of hydrogen-bond donors (Lipinski definition) is 1. The first-order valence-corrected chi connectivity index (χ1v) is 8.30. The van der Waals surface area contributed by atoms with Gasteiger partial charge in [0, 0.05) is 44.3 Å². The summed E-state index contributed by atoms with van der Waals surface area (Å²) in [5, 5.41) is 0. The van der Waals surface area contributed by atoms with Gasteiger partial charge in [-0.2, -0.15) is 11.8 Å². The fourth-order valence-electron chi connectivity index (χ4n) is 2.34. The molecule has 1 aliphatic heterocycles. The highest BCUT2D eigenvalue weighted by atomic mass is 32.2. The van der Waals surface area contributed by atoms with Gasteiger partial charge >= 0.3 is 0 Å². The molecular formula is C14H22N4OS. The Balaban J connectivity index is 1.83. The lowest BCUT2D eigenvalue weighted by Crippen LogP contribution is -2.53. The maximum Gasteiger partial charge on any atom is 0.239 e. The van der Waals surface area contributed by atoms with Gasteiger partial charge in [-0.3, -0.25) is 9.78 Å². The smallest absolute Gasteiger partial charge is 0.239 e. The molecule has 1 aromatic rings. The number of aromatic nitrogens is 1. The fourth-order valence-corrected chi connectivity index (χ4v) is 2.83. The molecule has 1 aromatic heterocycles. The Morgan fingerprint density at radius 1 is 1.35 bits per heavy atom. The van der Waals surface area contributed by atoms with Crippen molar-refractivity contribution in [1.29, 1.82) is 0 Å². The Bertz CT molecular complexity index is 420. The predicted octanol–water partition coefficient (Wildman–Crippen LogP) is 0.811. The summed E-state index contributed by atoms with van der Waals surface area (Å²) in [6, 6.07) is 3.65. The monoisotopic (exact) mass is 294 g/mol. The summed E-state index contributed by atoms with van der Waals surface area (Å²) in [5.74, 6) is 1.03. The van der Waals surface area contributed by atoms with E-state index < -0.39 is 0 Å². The maximum absolute atomic E-state index is 12.2. The van der Waals surface area contributed by atoms with Crippen LogP contribution in [0.2, 0.25) is 0 Å². The summed E-state index contributed by atoms with van der Waals surface area (Å²) < 4.78 is 0. The molecule has 0 aliphatic carbocycles. The van der Waals surface area contributed by atoms with Crippen LogP contribution in [0.5, 0.6) is 0 Å². The molecule has 1 fully saturated rings. The van der Waals surface area contributed by atoms with E-state index in [9.17, 15) is 4.79 Å². The number of pyridine rings is 1. The van der Waals surface area contributed by atoms with Gasteiger partial charge in [-0.25, -0.2) is 0 Å². The van der Waals surface area contributed by atoms with E-state index in [1.807, 2.05) is 23.3 Å². The normalized spacial score (nSPS) is 17.1. The van der Waals surface area contributed by atoms with E-state index >= 15 is 0 Å². The molecule has 1 saturated heterocycles. The van der Waals surface area contributed by atoms with Gasteiger partial charge < -0.3 is 15.5 Å². The molecule has 0 spiro atoms. The van der Waals surface area contributed by atoms with Gasteiger partial charge in [-0.1, -0.05) is 0 Å². The second kappa shape index (κ2) is 7.50. The van der Waals surface area contributed by atoms with Crippen LogP contribution >= 0.6 is 11.8 Å². The van der Waals surface area contributed by atoms with Crippen LogP contribution in [0.4, 0.5) is 5.69 Å². The Morgan fingerprint density at radius 2 is 2.00 bits per heavy atom. The summed E-state index contributed by atoms with van der Waals surface area (Å²) >= 11 is 1.73. The average Bonchev–Trinajstić information content (AvgIpc) is 2.53. The number of hydrogen-bond acceptors (Lipinski definition) is 5. The third-order valence-corrected chi connectivity index (χ3v) is 4.21. The first kappa shape index (κ1) is 15.1. The SMILES string of the molecule is CSCC[C@H](N)C(=O)N1CCN(c2ccncc2)CC1. The van der Waals surface area contributed by atoms with Gasteiger partial charge in [0.25, 0.3) is 0 Å². The van der Waals surface area contributed by atoms with Crippen molar-refractivity contribution in [3.63, 3.8) is 0 Å². The van der Waals surface area contributed by atoms with E-state index in [-0.39, 0.29) is 11.9 Å². The molecule has 6 heteroatoms. The van der Waals surface area contributed by atoms with Gasteiger partial charge in [0.05, 0.1) is 6.04 Å². The molecular weight excluding hydrogens is 272 g/mol. The number of amides is 1. The lowest BCUT2D eigenvalue weighted by Gasteiger charge is -2.37. The molecule has 0 saturated carbocycles. The number of nitrogens with two attached hydrogens (primary N) is 1. The van der Waals surface area contributed by atoms with Crippen LogP contribution in [0, 0.1) is 0 Å². The van der Waals surface area contributed by atoms with Gasteiger partial charge in [-0.15, -0.1) is 0 Å². The van der Waals surface area contributed by atoms with Gasteiger partial charge in [0.1, 0.15) is 0 Å². The topological polar surface area (TPSA) is 62.5 Å². The molecule has 110 valence electrons. The number of nitrogens with zero attached hydrogens (tertiary/aromatic N) is 3. The van der Waals surface area contributed by atoms with Gasteiger partial charge in [-0.05, 0) is 30.6 Å². The molecule has 0 aromatic carbocycles. The van der Waals surface area contributed by atoms with Crippen molar-refractivity contribution >= 4 is 23.4 Å². The molecule has 0 bridgehead atoms. The predicted molar refractivity (Wildman–Crippen MR) is 84.0 cm³/mol. The number of thioether (sulfide) groups is 1. The number of anilines is 1. The van der Waals surface area contributed by atoms with Crippen LogP contribution < -0.4 is 10.6 Å². The van der Waals surface area contributed by atoms with Crippen molar-refractivity contribution in [1.82, 2.24) is 9.88 Å². The second-order valence-corrected chi connectivity index (χ2v) is 5.89. The molecule has 2 N–H and O–H groups in total. The standard InChI is InChI=1S/C14H22N4OS/c1-20-11-4-13(15)14(19)18-9-7-17(8-10-18)12-2-5-16-6-3-12/h2-3,5-6,13H,4,7-11,15H2,1H3/t13-/m0/s1. The third kappa shape index (κ3) is 3.86. The Kier molecular flexibility index (Phi) is 5.67. The van der Waals surface area contributed by atoms with Crippen LogP contribution in [-0.4, -0.2) is 60.0 Å². The van der Waals surface area contributed by atoms with Crippen molar-refractivity contribution < 1.29 is 4.79 Å². The molecule has 5 nitrogen and oxygen atoms in total. The lowest BCUT2D eigenvalue weighted by molar-refractivity contribution is -0.132. The Morgan fingerprint density at radius 3 is 2.60 bits per heavy atom. The highest BCUT2D eigenvalue weighted by Gasteiger charge is 2.24. The van der Waals surface area contributed by atoms with Crippen LogP contribution in [0.15, 0.2) is 24.5 Å². The van der Waals surface area contributed by atoms with E-state index in [1.54, 1.807) is 24.2 Å². The minimum Gasteiger partial charge on any atom is -0.368 e. The molecule has 1 aliphatic rings. The molecule has 0 unspecified atom stereocenters. The van der Waals surface area contributed by atoms with E-state index in [1.165, 1.54) is 5.69 Å². The van der Waals surface area contributed by atoms with Crippen molar-refractivity contribution in [3.8, 4) is 0 Å². The number of piperazine rings is 1. The molecule has 2 heterocycles. The zero-order chi connectivity index (χ0) is 14.4. The number of carbonyl (C=O) groups excluding carboxylic acids is 1. The van der Waals surface area contributed by atoms with Crippen LogP contribution in [0.3, 0.4) is 0 Å². The van der Waals surface area contributed by atoms with Crippen molar-refractivity contribution in [2.24, 2.45) is 5.73 Å². The summed E-state index contributed by atoms with van der Waals surface area (Å²) in [6.45, 7) is 3.19. The van der Waals surface area contributed by atoms with Crippen molar-refractivity contribution in [2.45, 2.75) is 12.5 Å². The number of carbonyl (C=O) groups is 1. The molecule has 0 radical (unpaired) electrons. The summed E-state index contributed by atoms with van der Waals surface area (Å²) in [5.41, 5.74) is 7.12. The minimum atomic E-state index is -0.352. The van der Waals surface area contributed by atoms with E-state index in [2.05, 4.69) is 9.88 Å². The first-order chi connectivity index (χ1) is 9.72. The van der Waals surface area contributed by atoms with E-state index in [0.29, 0.717) is 0 Å². The largest absolute Gasteiger partial charge is 0.368 e. The maximum atomic E-state index is 12.2. The van der Waals surface area contributed by atoms with Crippen LogP contribution in [-0.2, 0) is 4.79 Å². The van der Waals surface area contributed by atoms with E-state index in [4.69, 9.17) is 5.73 Å². The summed E-state index contributed by atoms with van der Waals surface area (Å²) in [6.07, 6.45) is 6.38. The molecule has 20 heavy (non-hydrogen) atoms. The van der Waals surface area contributed by atoms with Crippen LogP contribution in [0.1, 0.15) is 6.42 Å². The van der Waals surface area contributed by atoms with Gasteiger partial charge in [0.2, 0.25) is 5.91 Å². The highest BCUT2D eigenvalue weighted by Crippen LogP contribution is 2.15. The second-order valence-electron chi connectivity index (χ2n) is 4.91. The van der Waals surface area contributed by atoms with Gasteiger partial charge in [0.15, 0.2) is 0 Å². The third-order valence-electron chi connectivity index (χ3n) is 3.57. The van der Waals surface area contributed by atoms with Crippen LogP contribution in [0.25, 0.3) is 0 Å². The fraction of sp³-hybridized carbons (Fsp3) is 0.571. The Labute approximate surface area is 124 Å².